The maximum atomic E-state index is 15.4. The van der Waals surface area contributed by atoms with Gasteiger partial charge in [0.25, 0.3) is 0 Å². The molecule has 146 heavy (non-hydrogen) atoms. The van der Waals surface area contributed by atoms with E-state index >= 15 is 19.2 Å². The van der Waals surface area contributed by atoms with E-state index in [1.54, 1.807) is 48.5 Å². The number of nitrogens with one attached hydrogen (secondary N) is 12. The number of carbonyl (C=O) groups is 18. The minimum Gasteiger partial charge on any atom is -0.458 e. The van der Waals surface area contributed by atoms with E-state index in [-0.39, 0.29) is 135 Å². The highest BCUT2D eigenvalue weighted by Crippen LogP contribution is 2.48. The SMILES string of the molecule is CC[C@H](Cc1ccccc1)C(=O)N[C@H](C(=O)C[C@@H](CCCCNC(=O)[C@H](CCCCN)NC(=O)[C@H](CCCCN)NC(=O)[C@H](CCCCN)NC(=O)[C@H](CCCCN)NC(=O)[C@H](CCCCN)NC(=O)[C@@H](N)CCCN=C(N)N)C(=O)N[C@H](CCC(N)=O)C(=O)C[C@@H](C(=O)N[C@H](C(=O)C[C@@H](CO)C(=O)N[C@H]1C(=O)C[C@@H](C)C(=O)NC2(CC2CC(C)F)C(=O)N[C@@H]([C@@H](C)CC)C(=O)O[C@H]1C)[C@@H](C)CC)[C@@H](C)CC)[C@@H](C)CC. The van der Waals surface area contributed by atoms with Gasteiger partial charge in [0, 0.05) is 68.9 Å². The molecule has 2 fully saturated rings. The van der Waals surface area contributed by atoms with Gasteiger partial charge >= 0.3 is 5.97 Å². The average Bonchev–Trinajstić information content (AvgIpc) is 1.57. The number of esters is 1. The lowest BCUT2D eigenvalue weighted by atomic mass is 9.83. The number of rotatable bonds is 74. The largest absolute Gasteiger partial charge is 0.458 e. The third-order valence-electron chi connectivity index (χ3n) is 28.3. The van der Waals surface area contributed by atoms with Crippen molar-refractivity contribution in [3.8, 4) is 0 Å². The summed E-state index contributed by atoms with van der Waals surface area (Å²) >= 11 is 0. The summed E-state index contributed by atoms with van der Waals surface area (Å²) in [6.07, 6.45) is 1.21. The molecule has 1 spiro atoms. The second-order valence-electron chi connectivity index (χ2n) is 40.2. The fourth-order valence-electron chi connectivity index (χ4n) is 17.8. The van der Waals surface area contributed by atoms with Crippen molar-refractivity contribution in [1.82, 2.24) is 63.8 Å². The van der Waals surface area contributed by atoms with Gasteiger partial charge in [-0.05, 0) is 236 Å². The number of alkyl halides is 1. The molecule has 1 aromatic carbocycles. The molecule has 1 aliphatic heterocycles. The van der Waals surface area contributed by atoms with Crippen LogP contribution in [0.3, 0.4) is 0 Å². The summed E-state index contributed by atoms with van der Waals surface area (Å²) in [6, 6.07) is -4.96. The van der Waals surface area contributed by atoms with E-state index in [2.05, 4.69) is 68.8 Å². The lowest BCUT2D eigenvalue weighted by molar-refractivity contribution is -0.157. The molecule has 828 valence electrons. The van der Waals surface area contributed by atoms with Crippen LogP contribution < -0.4 is 115 Å². The summed E-state index contributed by atoms with van der Waals surface area (Å²) in [5.41, 5.74) is 51.7. The van der Waals surface area contributed by atoms with Crippen LogP contribution in [0.5, 0.6) is 0 Å². The van der Waals surface area contributed by atoms with Gasteiger partial charge in [-0.2, -0.15) is 0 Å². The average molecular weight is 2060 g/mol. The number of nitrogens with two attached hydrogens (primary N) is 9. The number of ether oxygens (including phenoxy) is 1. The number of amides is 13. The van der Waals surface area contributed by atoms with Crippen molar-refractivity contribution in [1.29, 1.82) is 0 Å². The molecule has 2 aliphatic rings. The normalized spacial score (nSPS) is 20.2. The highest BCUT2D eigenvalue weighted by atomic mass is 19.1. The number of hydrogen-bond acceptors (Lipinski definition) is 27. The van der Waals surface area contributed by atoms with Crippen molar-refractivity contribution >= 4 is 112 Å². The molecule has 0 radical (unpaired) electrons. The van der Waals surface area contributed by atoms with Gasteiger partial charge < -0.3 is 125 Å². The topological polar surface area (TPSA) is 728 Å². The Kier molecular flexibility index (Phi) is 61.7. The van der Waals surface area contributed by atoms with Crippen LogP contribution in [0.15, 0.2) is 35.3 Å². The number of halogens is 1. The van der Waals surface area contributed by atoms with Crippen molar-refractivity contribution < 1.29 is 101 Å². The van der Waals surface area contributed by atoms with Crippen molar-refractivity contribution in [3.05, 3.63) is 35.9 Å². The number of aliphatic hydroxyl groups excluding tert-OH is 1. The van der Waals surface area contributed by atoms with Crippen LogP contribution in [-0.2, 0) is 97.5 Å². The van der Waals surface area contributed by atoms with Gasteiger partial charge in [-0.25, -0.2) is 9.18 Å². The Morgan fingerprint density at radius 2 is 0.945 bits per heavy atom. The van der Waals surface area contributed by atoms with E-state index in [1.807, 2.05) is 44.2 Å². The second kappa shape index (κ2) is 69.6. The Balaban J connectivity index is 2.06. The zero-order valence-corrected chi connectivity index (χ0v) is 88.6. The molecule has 1 heterocycles. The van der Waals surface area contributed by atoms with Crippen LogP contribution in [0.25, 0.3) is 0 Å². The van der Waals surface area contributed by atoms with E-state index in [0.717, 1.165) is 5.56 Å². The summed E-state index contributed by atoms with van der Waals surface area (Å²) < 4.78 is 20.3. The predicted molar refractivity (Wildman–Crippen MR) is 554 cm³/mol. The summed E-state index contributed by atoms with van der Waals surface area (Å²) in [4.78, 5) is 264. The van der Waals surface area contributed by atoms with E-state index in [4.69, 9.17) is 56.3 Å². The molecule has 43 heteroatoms. The van der Waals surface area contributed by atoms with E-state index in [9.17, 15) is 76.6 Å². The zero-order chi connectivity index (χ0) is 109. The monoisotopic (exact) mass is 2060 g/mol. The first kappa shape index (κ1) is 130. The number of aliphatic imine (C=N–C) groups is 1. The minimum absolute atomic E-state index is 0.0314. The number of cyclic esters (lactones) is 1. The number of guanidine groups is 1. The highest BCUT2D eigenvalue weighted by molar-refractivity contribution is 6.02. The third kappa shape index (κ3) is 45.6. The molecule has 31 N–H and O–H groups in total. The van der Waals surface area contributed by atoms with Crippen molar-refractivity contribution in [2.24, 2.45) is 116 Å². The first-order chi connectivity index (χ1) is 69.3. The van der Waals surface area contributed by atoms with Crippen molar-refractivity contribution in [3.63, 3.8) is 0 Å². The minimum atomic E-state index is -1.68. The predicted octanol–water partition coefficient (Wildman–Crippen LogP) is 1.75. The number of hydrogen-bond donors (Lipinski definition) is 22. The van der Waals surface area contributed by atoms with Gasteiger partial charge in [-0.1, -0.05) is 132 Å². The Hall–Kier alpha value is -10.6. The number of unbranched alkanes of at least 4 members (excludes halogenated alkanes) is 6. The molecule has 0 bridgehead atoms. The van der Waals surface area contributed by atoms with Gasteiger partial charge in [0.05, 0.1) is 42.9 Å². The molecule has 42 nitrogen and oxygen atoms in total. The number of carbonyl (C=O) groups excluding carboxylic acids is 18. The highest BCUT2D eigenvalue weighted by Gasteiger charge is 2.62. The lowest BCUT2D eigenvalue weighted by Gasteiger charge is -2.31. The maximum Gasteiger partial charge on any atom is 0.329 e. The molecule has 1 aromatic rings. The van der Waals surface area contributed by atoms with Gasteiger partial charge in [0.1, 0.15) is 53.9 Å². The van der Waals surface area contributed by atoms with Crippen molar-refractivity contribution in [2.75, 3.05) is 52.4 Å². The standard InChI is InChI=1S/C103H179FN22O20/c1-13-60(6)72(93(137)123-86(62(8)15-3)83(131)56-70(59-127)92(136)124-88-66(12)146-100(144)87(63(9)16-4)125-101(145)103(58-71(103)53-65(11)104)126-89(133)64(10)52-81(88)129)57-80(128)74(43-44-84(111)132)116-91(135)69(55-82(130)85(61(7)14-2)122-90(134)68(17-5)54-67-34-19-18-20-35-67)36-26-32-50-114-95(139)75(38-21-27-45-105)118-97(141)77(40-23-29-47-107)120-99(143)79(42-25-31-49-109)121-98(142)78(41-24-30-48-108)119-96(140)76(39-22-28-46-106)117-94(138)73(110)37-33-51-115-102(112)113/h18-20,34-35,60-66,68-79,85-88,127H,13-17,21-33,36-59,105-110H2,1-12H3,(H2,111,132)(H,114,139)(H,116,135)(H,117,138)(H,118,141)(H,119,140)(H,120,143)(H,121,142)(H,122,134)(H,123,137)(H,124,136)(H,125,145)(H,126,133)(H4,112,113,115)/t60-,61-,62-,63-,64+,65?,66-,68+,69+,70-,71?,72+,73-,74+,75-,76-,77-,78-,79-,85-,86-,87-,88+,103?/m0/s1. The second-order valence-corrected chi connectivity index (χ2v) is 40.2. The van der Waals surface area contributed by atoms with Crippen LogP contribution in [0.1, 0.15) is 301 Å². The number of nitrogens with zero attached hydrogens (tertiary/aromatic N) is 1. The van der Waals surface area contributed by atoms with Crippen LogP contribution in [-0.4, -0.2) is 254 Å². The summed E-state index contributed by atoms with van der Waals surface area (Å²) in [6.45, 7) is 20.2. The lowest BCUT2D eigenvalue weighted by Crippen LogP contribution is -2.59. The van der Waals surface area contributed by atoms with E-state index in [0.29, 0.717) is 103 Å². The summed E-state index contributed by atoms with van der Waals surface area (Å²) in [5.74, 6) is -22.3. The smallest absolute Gasteiger partial charge is 0.329 e. The summed E-state index contributed by atoms with van der Waals surface area (Å²) in [5, 5.41) is 44.4. The molecule has 0 aromatic heterocycles. The zero-order valence-electron chi connectivity index (χ0n) is 88.6. The quantitative estimate of drug-likeness (QED) is 0.0191. The summed E-state index contributed by atoms with van der Waals surface area (Å²) in [7, 11) is 0. The molecule has 13 amide bonds. The Labute approximate surface area is 861 Å². The van der Waals surface area contributed by atoms with Gasteiger partial charge in [-0.15, -0.1) is 0 Å². The Bertz CT molecular complexity index is 4330. The Morgan fingerprint density at radius 3 is 1.39 bits per heavy atom. The Morgan fingerprint density at radius 1 is 0.493 bits per heavy atom. The molecular formula is C103H179FN22O20. The number of Topliss-reactive ketones (excluding diaryl/α,β-unsaturated/α-hetero) is 4. The molecule has 1 saturated heterocycles. The van der Waals surface area contributed by atoms with Gasteiger partial charge in [0.2, 0.25) is 76.8 Å². The molecule has 3 unspecified atom stereocenters. The number of primary amides is 1. The van der Waals surface area contributed by atoms with E-state index < -0.39 is 288 Å². The third-order valence-corrected chi connectivity index (χ3v) is 28.3. The molecule has 1 saturated carbocycles. The maximum absolute atomic E-state index is 15.4. The number of benzene rings is 1. The number of aliphatic hydroxyl groups is 1. The molecule has 1 aliphatic carbocycles. The van der Waals surface area contributed by atoms with Crippen LogP contribution in [0, 0.1) is 59.2 Å². The first-order valence-electron chi connectivity index (χ1n) is 53.2. The van der Waals surface area contributed by atoms with Crippen LogP contribution >= 0.6 is 0 Å². The molecule has 24 atom stereocenters. The first-order valence-corrected chi connectivity index (χ1v) is 53.2. The van der Waals surface area contributed by atoms with Gasteiger partial charge in [-0.3, -0.25) is 86.5 Å². The number of ketones is 4. The van der Waals surface area contributed by atoms with Crippen LogP contribution in [0.4, 0.5) is 4.39 Å². The molecular weight excluding hydrogens is 1880 g/mol. The van der Waals surface area contributed by atoms with E-state index in [1.165, 1.54) is 20.8 Å². The van der Waals surface area contributed by atoms with Crippen LogP contribution in [0.2, 0.25) is 0 Å². The fourth-order valence-corrected chi connectivity index (χ4v) is 17.8. The fraction of sp³-hybridized carbons (Fsp3) is 0.757. The van der Waals surface area contributed by atoms with Gasteiger partial charge in [0.15, 0.2) is 29.1 Å². The molecule has 3 rings (SSSR count). The van der Waals surface area contributed by atoms with Crippen molar-refractivity contribution in [2.45, 2.75) is 386 Å².